The summed E-state index contributed by atoms with van der Waals surface area (Å²) in [6, 6.07) is 19.3. The molecule has 1 amide bonds. The lowest BCUT2D eigenvalue weighted by molar-refractivity contribution is 0.102. The van der Waals surface area contributed by atoms with Crippen LogP contribution in [0.1, 0.15) is 21.6 Å². The number of benzene rings is 2. The van der Waals surface area contributed by atoms with E-state index < -0.39 is 0 Å². The Bertz CT molecular complexity index is 1540. The summed E-state index contributed by atoms with van der Waals surface area (Å²) >= 11 is 0. The van der Waals surface area contributed by atoms with E-state index in [1.807, 2.05) is 31.4 Å². The zero-order chi connectivity index (χ0) is 23.9. The summed E-state index contributed by atoms with van der Waals surface area (Å²) in [5, 5.41) is 11.8. The molecule has 1 aliphatic rings. The van der Waals surface area contributed by atoms with Gasteiger partial charge in [0.25, 0.3) is 5.91 Å². The van der Waals surface area contributed by atoms with E-state index in [9.17, 15) is 4.79 Å². The molecule has 0 saturated carbocycles. The largest absolute Gasteiger partial charge is 0.497 e. The molecule has 0 fully saturated rings. The second-order valence-electron chi connectivity index (χ2n) is 8.51. The van der Waals surface area contributed by atoms with Crippen LogP contribution < -0.4 is 15.0 Å². The van der Waals surface area contributed by atoms with Crippen LogP contribution >= 0.6 is 0 Å². The van der Waals surface area contributed by atoms with Crippen molar-refractivity contribution >= 4 is 23.1 Å². The van der Waals surface area contributed by atoms with Crippen molar-refractivity contribution in [3.63, 3.8) is 0 Å². The van der Waals surface area contributed by atoms with Gasteiger partial charge in [0, 0.05) is 55.8 Å². The van der Waals surface area contributed by atoms with Gasteiger partial charge in [0.1, 0.15) is 11.6 Å². The van der Waals surface area contributed by atoms with E-state index in [1.165, 1.54) is 11.1 Å². The molecule has 0 spiro atoms. The Labute approximate surface area is 201 Å². The summed E-state index contributed by atoms with van der Waals surface area (Å²) in [5.74, 6) is 1.16. The van der Waals surface area contributed by atoms with E-state index in [0.29, 0.717) is 17.1 Å². The molecule has 0 bridgehead atoms. The Balaban J connectivity index is 1.39. The van der Waals surface area contributed by atoms with Crippen molar-refractivity contribution in [3.8, 4) is 17.0 Å². The van der Waals surface area contributed by atoms with Gasteiger partial charge in [-0.15, -0.1) is 0 Å². The molecule has 0 aliphatic carbocycles. The number of anilines is 2. The van der Waals surface area contributed by atoms with Crippen LogP contribution in [0, 0.1) is 0 Å². The van der Waals surface area contributed by atoms with Crippen molar-refractivity contribution in [2.75, 3.05) is 17.3 Å². The maximum Gasteiger partial charge on any atom is 0.276 e. The number of nitrogens with zero attached hydrogens (tertiary/aromatic N) is 6. The highest BCUT2D eigenvalue weighted by molar-refractivity contribution is 6.03. The van der Waals surface area contributed by atoms with Crippen molar-refractivity contribution in [1.82, 2.24) is 24.4 Å². The summed E-state index contributed by atoms with van der Waals surface area (Å²) in [6.45, 7) is 1.56. The van der Waals surface area contributed by atoms with Crippen molar-refractivity contribution < 1.29 is 9.53 Å². The third kappa shape index (κ3) is 3.86. The summed E-state index contributed by atoms with van der Waals surface area (Å²) in [7, 11) is 3.46. The standard InChI is InChI=1S/C26H23N7O2/c1-31-14-19(13-27-31)23-12-24(32-15-17-6-3-4-7-18(17)16-32)29-25-11-22(30-33(23)25)26(34)28-20-8-5-9-21(10-20)35-2/h3-14H,15-16H2,1-2H3,(H,28,34). The van der Waals surface area contributed by atoms with Crippen LogP contribution in [0.3, 0.4) is 0 Å². The predicted octanol–water partition coefficient (Wildman–Crippen LogP) is 3.91. The number of aromatic nitrogens is 5. The van der Waals surface area contributed by atoms with Gasteiger partial charge in [-0.2, -0.15) is 10.2 Å². The van der Waals surface area contributed by atoms with Crippen LogP contribution in [0.2, 0.25) is 0 Å². The molecule has 1 N–H and O–H groups in total. The zero-order valence-corrected chi connectivity index (χ0v) is 19.3. The number of amides is 1. The molecular weight excluding hydrogens is 442 g/mol. The fraction of sp³-hybridized carbons (Fsp3) is 0.154. The second-order valence-corrected chi connectivity index (χ2v) is 8.51. The fourth-order valence-corrected chi connectivity index (χ4v) is 4.38. The van der Waals surface area contributed by atoms with Crippen LogP contribution in [-0.4, -0.2) is 37.4 Å². The van der Waals surface area contributed by atoms with Crippen LogP contribution in [0.4, 0.5) is 11.5 Å². The lowest BCUT2D eigenvalue weighted by atomic mass is 10.1. The van der Waals surface area contributed by atoms with Gasteiger partial charge < -0.3 is 15.0 Å². The maximum absolute atomic E-state index is 13.0. The molecule has 6 rings (SSSR count). The van der Waals surface area contributed by atoms with Crippen molar-refractivity contribution in [1.29, 1.82) is 0 Å². The van der Waals surface area contributed by atoms with Crippen molar-refractivity contribution in [2.45, 2.75) is 13.1 Å². The molecule has 1 aliphatic heterocycles. The number of rotatable bonds is 5. The Morgan fingerprint density at radius 2 is 1.83 bits per heavy atom. The Morgan fingerprint density at radius 1 is 1.03 bits per heavy atom. The SMILES string of the molecule is COc1cccc(NC(=O)c2cc3nc(N4Cc5ccccc5C4)cc(-c4cnn(C)c4)n3n2)c1. The van der Waals surface area contributed by atoms with Crippen LogP contribution in [0.25, 0.3) is 16.9 Å². The first-order valence-electron chi connectivity index (χ1n) is 11.2. The van der Waals surface area contributed by atoms with Crippen LogP contribution in [0.5, 0.6) is 5.75 Å². The molecule has 4 heterocycles. The van der Waals surface area contributed by atoms with Crippen LogP contribution in [0.15, 0.2) is 73.1 Å². The third-order valence-corrected chi connectivity index (χ3v) is 6.14. The summed E-state index contributed by atoms with van der Waals surface area (Å²) in [5.41, 5.74) is 5.78. The number of hydrogen-bond acceptors (Lipinski definition) is 6. The van der Waals surface area contributed by atoms with E-state index in [1.54, 1.807) is 40.7 Å². The maximum atomic E-state index is 13.0. The van der Waals surface area contributed by atoms with Gasteiger partial charge >= 0.3 is 0 Å². The van der Waals surface area contributed by atoms with Gasteiger partial charge in [0.15, 0.2) is 11.3 Å². The molecule has 5 aromatic rings. The number of carbonyl (C=O) groups excluding carboxylic acids is 1. The fourth-order valence-electron chi connectivity index (χ4n) is 4.38. The average Bonchev–Trinajstić information content (AvgIpc) is 3.61. The first-order valence-corrected chi connectivity index (χ1v) is 11.2. The van der Waals surface area contributed by atoms with E-state index in [4.69, 9.17) is 9.72 Å². The molecule has 0 saturated heterocycles. The van der Waals surface area contributed by atoms with Gasteiger partial charge in [0.05, 0.1) is 19.0 Å². The number of nitrogens with one attached hydrogen (secondary N) is 1. The quantitative estimate of drug-likeness (QED) is 0.423. The highest BCUT2D eigenvalue weighted by atomic mass is 16.5. The van der Waals surface area contributed by atoms with Gasteiger partial charge in [-0.3, -0.25) is 9.48 Å². The van der Waals surface area contributed by atoms with Crippen molar-refractivity contribution in [3.05, 3.63) is 89.9 Å². The van der Waals surface area contributed by atoms with Gasteiger partial charge in [-0.1, -0.05) is 30.3 Å². The second kappa shape index (κ2) is 8.28. The van der Waals surface area contributed by atoms with E-state index in [2.05, 4.69) is 44.7 Å². The lowest BCUT2D eigenvalue weighted by Gasteiger charge is -2.18. The summed E-state index contributed by atoms with van der Waals surface area (Å²) < 4.78 is 8.69. The molecule has 0 unspecified atom stereocenters. The number of fused-ring (bicyclic) bond motifs is 2. The molecule has 0 atom stereocenters. The van der Waals surface area contributed by atoms with Gasteiger partial charge in [0.2, 0.25) is 0 Å². The molecule has 0 radical (unpaired) electrons. The molecule has 2 aromatic carbocycles. The van der Waals surface area contributed by atoms with Gasteiger partial charge in [-0.25, -0.2) is 9.50 Å². The predicted molar refractivity (Wildman–Crippen MR) is 132 cm³/mol. The average molecular weight is 466 g/mol. The smallest absolute Gasteiger partial charge is 0.276 e. The Morgan fingerprint density at radius 3 is 2.54 bits per heavy atom. The molecule has 9 heteroatoms. The Kier molecular flexibility index (Phi) is 4.95. The van der Waals surface area contributed by atoms with E-state index in [0.717, 1.165) is 30.2 Å². The third-order valence-electron chi connectivity index (χ3n) is 6.14. The number of carbonyl (C=O) groups is 1. The zero-order valence-electron chi connectivity index (χ0n) is 19.3. The minimum atomic E-state index is -0.323. The van der Waals surface area contributed by atoms with Crippen LogP contribution in [-0.2, 0) is 20.1 Å². The van der Waals surface area contributed by atoms with Gasteiger partial charge in [-0.05, 0) is 23.3 Å². The first kappa shape index (κ1) is 20.9. The number of aryl methyl sites for hydroxylation is 1. The van der Waals surface area contributed by atoms with E-state index >= 15 is 0 Å². The summed E-state index contributed by atoms with van der Waals surface area (Å²) in [4.78, 5) is 20.1. The normalized spacial score (nSPS) is 12.7. The topological polar surface area (TPSA) is 89.6 Å². The van der Waals surface area contributed by atoms with Crippen molar-refractivity contribution in [2.24, 2.45) is 7.05 Å². The highest BCUT2D eigenvalue weighted by Crippen LogP contribution is 2.31. The molecular formula is C26H23N7O2. The number of ether oxygens (including phenoxy) is 1. The molecule has 35 heavy (non-hydrogen) atoms. The first-order chi connectivity index (χ1) is 17.1. The molecule has 174 valence electrons. The monoisotopic (exact) mass is 465 g/mol. The minimum Gasteiger partial charge on any atom is -0.497 e. The summed E-state index contributed by atoms with van der Waals surface area (Å²) in [6.07, 6.45) is 3.71. The molecule has 9 nitrogen and oxygen atoms in total. The Hall–Kier alpha value is -4.66. The lowest BCUT2D eigenvalue weighted by Crippen LogP contribution is -2.17. The van der Waals surface area contributed by atoms with E-state index in [-0.39, 0.29) is 11.6 Å². The number of hydrogen-bond donors (Lipinski definition) is 1. The minimum absolute atomic E-state index is 0.271. The molecule has 3 aromatic heterocycles. The highest BCUT2D eigenvalue weighted by Gasteiger charge is 2.23. The number of methoxy groups -OCH3 is 1.